The lowest BCUT2D eigenvalue weighted by molar-refractivity contribution is 0.126. The first-order chi connectivity index (χ1) is 11.2. The second kappa shape index (κ2) is 7.40. The lowest BCUT2D eigenvalue weighted by atomic mass is 9.86. The van der Waals surface area contributed by atoms with E-state index < -0.39 is 0 Å². The standard InChI is InChI=1S/C18H27FN4O/c1-12(24)10-18(4,5)11-20-13(2)17-14(3)23(22-21-17)16-8-6-15(19)7-9-16/h6-9,12-13,20,24H,10-11H2,1-5H3. The highest BCUT2D eigenvalue weighted by molar-refractivity contribution is 5.33. The molecule has 5 nitrogen and oxygen atoms in total. The Morgan fingerprint density at radius 3 is 2.46 bits per heavy atom. The van der Waals surface area contributed by atoms with Crippen molar-refractivity contribution in [3.63, 3.8) is 0 Å². The zero-order valence-electron chi connectivity index (χ0n) is 15.0. The Hall–Kier alpha value is -1.79. The van der Waals surface area contributed by atoms with Gasteiger partial charge in [0.2, 0.25) is 0 Å². The van der Waals surface area contributed by atoms with Crippen LogP contribution in [-0.4, -0.2) is 32.7 Å². The van der Waals surface area contributed by atoms with Gasteiger partial charge < -0.3 is 10.4 Å². The topological polar surface area (TPSA) is 63.0 Å². The molecule has 2 atom stereocenters. The lowest BCUT2D eigenvalue weighted by Crippen LogP contribution is -2.33. The van der Waals surface area contributed by atoms with Crippen molar-refractivity contribution in [3.05, 3.63) is 41.5 Å². The summed E-state index contributed by atoms with van der Waals surface area (Å²) in [5.74, 6) is -0.271. The van der Waals surface area contributed by atoms with Crippen LogP contribution >= 0.6 is 0 Å². The molecule has 0 fully saturated rings. The van der Waals surface area contributed by atoms with Gasteiger partial charge in [0.15, 0.2) is 0 Å². The van der Waals surface area contributed by atoms with E-state index in [1.807, 2.05) is 20.8 Å². The molecule has 0 saturated heterocycles. The minimum absolute atomic E-state index is 0.0106. The molecule has 0 aliphatic heterocycles. The number of nitrogens with one attached hydrogen (secondary N) is 1. The van der Waals surface area contributed by atoms with Crippen molar-refractivity contribution in [2.75, 3.05) is 6.54 Å². The molecule has 2 N–H and O–H groups in total. The molecule has 6 heteroatoms. The van der Waals surface area contributed by atoms with Gasteiger partial charge in [0.1, 0.15) is 11.5 Å². The lowest BCUT2D eigenvalue weighted by Gasteiger charge is -2.28. The number of hydrogen-bond donors (Lipinski definition) is 2. The van der Waals surface area contributed by atoms with E-state index in [1.54, 1.807) is 16.8 Å². The van der Waals surface area contributed by atoms with Crippen LogP contribution in [0.3, 0.4) is 0 Å². The molecule has 24 heavy (non-hydrogen) atoms. The van der Waals surface area contributed by atoms with Gasteiger partial charge in [-0.25, -0.2) is 9.07 Å². The Labute approximate surface area is 142 Å². The van der Waals surface area contributed by atoms with Crippen molar-refractivity contribution >= 4 is 0 Å². The average molecular weight is 334 g/mol. The first-order valence-electron chi connectivity index (χ1n) is 8.29. The fraction of sp³-hybridized carbons (Fsp3) is 0.556. The highest BCUT2D eigenvalue weighted by atomic mass is 19.1. The molecule has 1 heterocycles. The summed E-state index contributed by atoms with van der Waals surface area (Å²) in [5, 5.41) is 21.5. The second-order valence-corrected chi connectivity index (χ2v) is 7.27. The van der Waals surface area contributed by atoms with E-state index in [-0.39, 0.29) is 23.4 Å². The highest BCUT2D eigenvalue weighted by Gasteiger charge is 2.23. The van der Waals surface area contributed by atoms with E-state index in [0.29, 0.717) is 0 Å². The van der Waals surface area contributed by atoms with Crippen molar-refractivity contribution in [1.29, 1.82) is 0 Å². The Morgan fingerprint density at radius 1 is 1.25 bits per heavy atom. The summed E-state index contributed by atoms with van der Waals surface area (Å²) in [4.78, 5) is 0. The summed E-state index contributed by atoms with van der Waals surface area (Å²) in [6.45, 7) is 10.8. The maximum absolute atomic E-state index is 13.1. The zero-order valence-corrected chi connectivity index (χ0v) is 15.0. The molecular weight excluding hydrogens is 307 g/mol. The fourth-order valence-electron chi connectivity index (χ4n) is 2.97. The number of aliphatic hydroxyl groups is 1. The van der Waals surface area contributed by atoms with E-state index >= 15 is 0 Å². The van der Waals surface area contributed by atoms with E-state index in [2.05, 4.69) is 29.5 Å². The summed E-state index contributed by atoms with van der Waals surface area (Å²) >= 11 is 0. The third-order valence-corrected chi connectivity index (χ3v) is 4.15. The van der Waals surface area contributed by atoms with Crippen molar-refractivity contribution in [2.24, 2.45) is 5.41 Å². The average Bonchev–Trinajstić information content (AvgIpc) is 2.86. The van der Waals surface area contributed by atoms with Gasteiger partial charge >= 0.3 is 0 Å². The summed E-state index contributed by atoms with van der Waals surface area (Å²) < 4.78 is 14.8. The third kappa shape index (κ3) is 4.61. The monoisotopic (exact) mass is 334 g/mol. The quantitative estimate of drug-likeness (QED) is 0.816. The molecule has 1 aromatic heterocycles. The second-order valence-electron chi connectivity index (χ2n) is 7.27. The van der Waals surface area contributed by atoms with Gasteiger partial charge in [-0.15, -0.1) is 5.10 Å². The van der Waals surface area contributed by atoms with Crippen LogP contribution in [0.25, 0.3) is 5.69 Å². The van der Waals surface area contributed by atoms with Crippen molar-refractivity contribution in [3.8, 4) is 5.69 Å². The van der Waals surface area contributed by atoms with Gasteiger partial charge in [0, 0.05) is 6.54 Å². The first-order valence-corrected chi connectivity index (χ1v) is 8.29. The van der Waals surface area contributed by atoms with Crippen molar-refractivity contribution < 1.29 is 9.50 Å². The number of rotatable bonds is 7. The van der Waals surface area contributed by atoms with Crippen LogP contribution in [0.15, 0.2) is 24.3 Å². The van der Waals surface area contributed by atoms with Crippen LogP contribution in [0, 0.1) is 18.2 Å². The summed E-state index contributed by atoms with van der Waals surface area (Å²) in [6, 6.07) is 6.23. The van der Waals surface area contributed by atoms with E-state index in [1.165, 1.54) is 12.1 Å². The van der Waals surface area contributed by atoms with E-state index in [4.69, 9.17) is 0 Å². The first kappa shape index (κ1) is 18.5. The number of halogens is 1. The van der Waals surface area contributed by atoms with Gasteiger partial charge in [-0.3, -0.25) is 0 Å². The van der Waals surface area contributed by atoms with Gasteiger partial charge in [-0.2, -0.15) is 0 Å². The van der Waals surface area contributed by atoms with Crippen LogP contribution in [0.1, 0.15) is 51.5 Å². The predicted molar refractivity (Wildman–Crippen MR) is 92.6 cm³/mol. The van der Waals surface area contributed by atoms with Crippen molar-refractivity contribution in [1.82, 2.24) is 20.3 Å². The summed E-state index contributed by atoms with van der Waals surface area (Å²) in [5.41, 5.74) is 2.57. The third-order valence-electron chi connectivity index (χ3n) is 4.15. The Bertz CT molecular complexity index is 664. The zero-order chi connectivity index (χ0) is 17.9. The molecule has 0 aliphatic rings. The molecule has 0 radical (unpaired) electrons. The molecule has 0 bridgehead atoms. The Kier molecular flexibility index (Phi) is 5.72. The molecule has 2 rings (SSSR count). The van der Waals surface area contributed by atoms with Crippen LogP contribution < -0.4 is 5.32 Å². The number of benzene rings is 1. The van der Waals surface area contributed by atoms with Crippen LogP contribution in [0.4, 0.5) is 4.39 Å². The molecule has 1 aromatic carbocycles. The molecule has 132 valence electrons. The number of nitrogens with zero attached hydrogens (tertiary/aromatic N) is 3. The van der Waals surface area contributed by atoms with Crippen LogP contribution in [-0.2, 0) is 0 Å². The molecule has 0 amide bonds. The highest BCUT2D eigenvalue weighted by Crippen LogP contribution is 2.24. The SMILES string of the molecule is Cc1c(C(C)NCC(C)(C)CC(C)O)nnn1-c1ccc(F)cc1. The molecule has 2 aromatic rings. The van der Waals surface area contributed by atoms with Crippen LogP contribution in [0.5, 0.6) is 0 Å². The molecule has 0 aliphatic carbocycles. The number of aliphatic hydroxyl groups excluding tert-OH is 1. The van der Waals surface area contributed by atoms with Crippen molar-refractivity contribution in [2.45, 2.75) is 53.2 Å². The molecule has 0 saturated carbocycles. The Balaban J connectivity index is 2.08. The molecular formula is C18H27FN4O. The largest absolute Gasteiger partial charge is 0.393 e. The van der Waals surface area contributed by atoms with Crippen LogP contribution in [0.2, 0.25) is 0 Å². The molecule has 0 spiro atoms. The predicted octanol–water partition coefficient (Wildman–Crippen LogP) is 3.16. The number of hydrogen-bond acceptors (Lipinski definition) is 4. The normalized spacial score (nSPS) is 14.6. The van der Waals surface area contributed by atoms with E-state index in [9.17, 15) is 9.50 Å². The smallest absolute Gasteiger partial charge is 0.123 e. The maximum Gasteiger partial charge on any atom is 0.123 e. The minimum Gasteiger partial charge on any atom is -0.393 e. The fourth-order valence-corrected chi connectivity index (χ4v) is 2.97. The summed E-state index contributed by atoms with van der Waals surface area (Å²) in [7, 11) is 0. The number of aromatic nitrogens is 3. The van der Waals surface area contributed by atoms with Gasteiger partial charge in [-0.1, -0.05) is 19.1 Å². The van der Waals surface area contributed by atoms with Gasteiger partial charge in [-0.05, 0) is 56.9 Å². The Morgan fingerprint density at radius 2 is 1.88 bits per heavy atom. The minimum atomic E-state index is -0.321. The maximum atomic E-state index is 13.1. The van der Waals surface area contributed by atoms with Gasteiger partial charge in [0.05, 0.1) is 23.5 Å². The molecule has 2 unspecified atom stereocenters. The van der Waals surface area contributed by atoms with E-state index in [0.717, 1.165) is 30.0 Å². The summed E-state index contributed by atoms with van der Waals surface area (Å²) in [6.07, 6.45) is 0.409. The van der Waals surface area contributed by atoms with Gasteiger partial charge in [0.25, 0.3) is 0 Å².